The topological polar surface area (TPSA) is 53.6 Å². The lowest BCUT2D eigenvalue weighted by Gasteiger charge is -2.14. The Hall–Kier alpha value is -1.98. The van der Waals surface area contributed by atoms with Gasteiger partial charge in [-0.05, 0) is 17.9 Å². The van der Waals surface area contributed by atoms with Crippen molar-refractivity contribution < 1.29 is 0 Å². The molecule has 1 atom stereocenters. The van der Waals surface area contributed by atoms with E-state index in [2.05, 4.69) is 57.3 Å². The van der Waals surface area contributed by atoms with Crippen molar-refractivity contribution in [2.75, 3.05) is 0 Å². The summed E-state index contributed by atoms with van der Waals surface area (Å²) in [7, 11) is 0. The van der Waals surface area contributed by atoms with Gasteiger partial charge in [-0.3, -0.25) is 0 Å². The summed E-state index contributed by atoms with van der Waals surface area (Å²) < 4.78 is 0. The average Bonchev–Trinajstić information content (AvgIpc) is 3.20. The Bertz CT molecular complexity index is 661. The highest BCUT2D eigenvalue weighted by Gasteiger charge is 2.14. The number of nitrogens with one attached hydrogen (secondary N) is 2. The van der Waals surface area contributed by atoms with Gasteiger partial charge < -0.3 is 5.32 Å². The first-order chi connectivity index (χ1) is 10.4. The van der Waals surface area contributed by atoms with E-state index in [0.29, 0.717) is 12.6 Å². The SMILES string of the molecule is CCC(NCc1n[nH]nc1-c1ccccc1)c1cccs1. The summed E-state index contributed by atoms with van der Waals surface area (Å²) in [6.45, 7) is 2.90. The molecule has 4 nitrogen and oxygen atoms in total. The molecule has 3 rings (SSSR count). The van der Waals surface area contributed by atoms with Gasteiger partial charge in [0.2, 0.25) is 0 Å². The van der Waals surface area contributed by atoms with E-state index in [1.54, 1.807) is 11.3 Å². The third-order valence-electron chi connectivity index (χ3n) is 3.48. The molecule has 0 aliphatic carbocycles. The van der Waals surface area contributed by atoms with E-state index in [1.807, 2.05) is 18.2 Å². The lowest BCUT2D eigenvalue weighted by molar-refractivity contribution is 0.521. The summed E-state index contributed by atoms with van der Waals surface area (Å²) in [4.78, 5) is 1.36. The molecular formula is C16H18N4S. The van der Waals surface area contributed by atoms with E-state index in [4.69, 9.17) is 0 Å². The van der Waals surface area contributed by atoms with E-state index in [-0.39, 0.29) is 0 Å². The van der Waals surface area contributed by atoms with Gasteiger partial charge in [-0.25, -0.2) is 0 Å². The van der Waals surface area contributed by atoms with Crippen molar-refractivity contribution in [3.63, 3.8) is 0 Å². The molecule has 0 amide bonds. The van der Waals surface area contributed by atoms with Crippen LogP contribution in [0.1, 0.15) is 30.0 Å². The Morgan fingerprint density at radius 2 is 2.00 bits per heavy atom. The van der Waals surface area contributed by atoms with E-state index in [1.165, 1.54) is 4.88 Å². The number of aromatic nitrogens is 3. The molecule has 0 radical (unpaired) electrons. The number of nitrogens with zero attached hydrogens (tertiary/aromatic N) is 2. The Balaban J connectivity index is 1.73. The van der Waals surface area contributed by atoms with Crippen LogP contribution in [0.3, 0.4) is 0 Å². The summed E-state index contributed by atoms with van der Waals surface area (Å²) in [5, 5.41) is 17.0. The van der Waals surface area contributed by atoms with Crippen molar-refractivity contribution >= 4 is 11.3 Å². The quantitative estimate of drug-likeness (QED) is 0.728. The van der Waals surface area contributed by atoms with Crippen LogP contribution in [0.15, 0.2) is 47.8 Å². The monoisotopic (exact) mass is 298 g/mol. The minimum atomic E-state index is 0.366. The van der Waals surface area contributed by atoms with Crippen LogP contribution in [-0.2, 0) is 6.54 Å². The molecule has 108 valence electrons. The molecule has 2 heterocycles. The highest BCUT2D eigenvalue weighted by Crippen LogP contribution is 2.23. The molecule has 0 saturated heterocycles. The van der Waals surface area contributed by atoms with Gasteiger partial charge in [0.15, 0.2) is 0 Å². The molecule has 5 heteroatoms. The fourth-order valence-electron chi connectivity index (χ4n) is 2.36. The van der Waals surface area contributed by atoms with Gasteiger partial charge in [-0.2, -0.15) is 15.4 Å². The van der Waals surface area contributed by atoms with Gasteiger partial charge in [0.05, 0.1) is 0 Å². The summed E-state index contributed by atoms with van der Waals surface area (Å²) in [5.74, 6) is 0. The van der Waals surface area contributed by atoms with Gasteiger partial charge in [-0.1, -0.05) is 43.3 Å². The van der Waals surface area contributed by atoms with Crippen molar-refractivity contribution in [1.82, 2.24) is 20.7 Å². The van der Waals surface area contributed by atoms with Crippen molar-refractivity contribution in [1.29, 1.82) is 0 Å². The number of thiophene rings is 1. The minimum absolute atomic E-state index is 0.366. The number of rotatable bonds is 6. The first-order valence-corrected chi connectivity index (χ1v) is 7.98. The molecule has 0 aliphatic heterocycles. The average molecular weight is 298 g/mol. The summed E-state index contributed by atoms with van der Waals surface area (Å²) in [5.41, 5.74) is 2.97. The zero-order chi connectivity index (χ0) is 14.5. The van der Waals surface area contributed by atoms with E-state index < -0.39 is 0 Å². The van der Waals surface area contributed by atoms with E-state index >= 15 is 0 Å². The third kappa shape index (κ3) is 3.20. The normalized spacial score (nSPS) is 12.4. The first kappa shape index (κ1) is 14.0. The lowest BCUT2D eigenvalue weighted by atomic mass is 10.1. The van der Waals surface area contributed by atoms with Gasteiger partial charge >= 0.3 is 0 Å². The predicted octanol–water partition coefficient (Wildman–Crippen LogP) is 3.77. The smallest absolute Gasteiger partial charge is 0.117 e. The highest BCUT2D eigenvalue weighted by atomic mass is 32.1. The zero-order valence-electron chi connectivity index (χ0n) is 11.9. The molecule has 2 N–H and O–H groups in total. The van der Waals surface area contributed by atoms with Crippen molar-refractivity contribution in [2.45, 2.75) is 25.9 Å². The Labute approximate surface area is 128 Å². The molecule has 1 aromatic carbocycles. The van der Waals surface area contributed by atoms with Crippen LogP contribution in [0.25, 0.3) is 11.3 Å². The molecule has 0 saturated carbocycles. The zero-order valence-corrected chi connectivity index (χ0v) is 12.7. The maximum absolute atomic E-state index is 4.28. The van der Waals surface area contributed by atoms with Crippen LogP contribution in [0.4, 0.5) is 0 Å². The van der Waals surface area contributed by atoms with Crippen molar-refractivity contribution in [2.24, 2.45) is 0 Å². The fraction of sp³-hybridized carbons (Fsp3) is 0.250. The van der Waals surface area contributed by atoms with Crippen LogP contribution in [0, 0.1) is 0 Å². The largest absolute Gasteiger partial charge is 0.303 e. The Morgan fingerprint density at radius 3 is 2.71 bits per heavy atom. The molecule has 3 aromatic rings. The summed E-state index contributed by atoms with van der Waals surface area (Å²) in [6, 6.07) is 14.8. The molecule has 0 bridgehead atoms. The van der Waals surface area contributed by atoms with Gasteiger partial charge in [0.25, 0.3) is 0 Å². The predicted molar refractivity (Wildman–Crippen MR) is 86.0 cm³/mol. The molecule has 0 aliphatic rings. The van der Waals surface area contributed by atoms with Crippen LogP contribution < -0.4 is 5.32 Å². The number of benzene rings is 1. The minimum Gasteiger partial charge on any atom is -0.303 e. The van der Waals surface area contributed by atoms with Crippen molar-refractivity contribution in [3.05, 3.63) is 58.4 Å². The maximum Gasteiger partial charge on any atom is 0.117 e. The lowest BCUT2D eigenvalue weighted by Crippen LogP contribution is -2.20. The third-order valence-corrected chi connectivity index (χ3v) is 4.46. The Morgan fingerprint density at radius 1 is 1.14 bits per heavy atom. The second-order valence-electron chi connectivity index (χ2n) is 4.84. The molecule has 0 spiro atoms. The fourth-order valence-corrected chi connectivity index (χ4v) is 3.24. The molecule has 21 heavy (non-hydrogen) atoms. The van der Waals surface area contributed by atoms with E-state index in [0.717, 1.165) is 23.4 Å². The highest BCUT2D eigenvalue weighted by molar-refractivity contribution is 7.10. The Kier molecular flexibility index (Phi) is 4.43. The second-order valence-corrected chi connectivity index (χ2v) is 5.82. The van der Waals surface area contributed by atoms with Gasteiger partial charge in [-0.15, -0.1) is 11.3 Å². The molecule has 0 fully saturated rings. The second kappa shape index (κ2) is 6.65. The van der Waals surface area contributed by atoms with Crippen LogP contribution in [0.2, 0.25) is 0 Å². The number of hydrogen-bond acceptors (Lipinski definition) is 4. The van der Waals surface area contributed by atoms with Crippen LogP contribution in [0.5, 0.6) is 0 Å². The maximum atomic E-state index is 4.28. The molecule has 2 aromatic heterocycles. The number of aromatic amines is 1. The first-order valence-electron chi connectivity index (χ1n) is 7.10. The van der Waals surface area contributed by atoms with Gasteiger partial charge in [0, 0.05) is 23.0 Å². The standard InChI is InChI=1S/C16H18N4S/c1-2-13(15-9-6-10-21-15)17-11-14-16(19-20-18-14)12-7-4-3-5-8-12/h3-10,13,17H,2,11H2,1H3,(H,18,19,20). The molecule has 1 unspecified atom stereocenters. The van der Waals surface area contributed by atoms with Crippen LogP contribution in [-0.4, -0.2) is 15.4 Å². The summed E-state index contributed by atoms with van der Waals surface area (Å²) >= 11 is 1.79. The van der Waals surface area contributed by atoms with E-state index in [9.17, 15) is 0 Å². The van der Waals surface area contributed by atoms with Gasteiger partial charge in [0.1, 0.15) is 11.4 Å². The van der Waals surface area contributed by atoms with Crippen molar-refractivity contribution in [3.8, 4) is 11.3 Å². The number of hydrogen-bond donors (Lipinski definition) is 2. The molecular weight excluding hydrogens is 280 g/mol. The summed E-state index contributed by atoms with van der Waals surface area (Å²) in [6.07, 6.45) is 1.05. The number of H-pyrrole nitrogens is 1. The van der Waals surface area contributed by atoms with Crippen LogP contribution >= 0.6 is 11.3 Å².